The summed E-state index contributed by atoms with van der Waals surface area (Å²) >= 11 is 0. The Morgan fingerprint density at radius 1 is 0.966 bits per heavy atom. The lowest BCUT2D eigenvalue weighted by Gasteiger charge is -2.12. The van der Waals surface area contributed by atoms with E-state index in [2.05, 4.69) is 20.9 Å². The number of amides is 3. The van der Waals surface area contributed by atoms with Gasteiger partial charge in [-0.15, -0.1) is 0 Å². The van der Waals surface area contributed by atoms with E-state index < -0.39 is 6.03 Å². The molecule has 148 valence electrons. The first kappa shape index (κ1) is 19.9. The van der Waals surface area contributed by atoms with Crippen LogP contribution in [0.1, 0.15) is 11.1 Å². The fraction of sp³-hybridized carbons (Fsp3) is 0.136. The number of urea groups is 1. The largest absolute Gasteiger partial charge is 0.455 e. The normalized spacial score (nSPS) is 10.1. The van der Waals surface area contributed by atoms with Crippen LogP contribution in [0.3, 0.4) is 0 Å². The first-order valence-corrected chi connectivity index (χ1v) is 9.09. The van der Waals surface area contributed by atoms with Crippen molar-refractivity contribution in [3.8, 4) is 11.5 Å². The highest BCUT2D eigenvalue weighted by Gasteiger charge is 2.08. The van der Waals surface area contributed by atoms with Gasteiger partial charge in [-0.1, -0.05) is 12.1 Å². The van der Waals surface area contributed by atoms with Gasteiger partial charge in [0, 0.05) is 17.6 Å². The van der Waals surface area contributed by atoms with Crippen molar-refractivity contribution < 1.29 is 14.3 Å². The Labute approximate surface area is 169 Å². The van der Waals surface area contributed by atoms with Crippen LogP contribution in [0.15, 0.2) is 67.0 Å². The van der Waals surface area contributed by atoms with Crippen LogP contribution in [-0.4, -0.2) is 23.5 Å². The summed E-state index contributed by atoms with van der Waals surface area (Å²) in [6, 6.07) is 15.9. The first-order valence-electron chi connectivity index (χ1n) is 9.09. The Kier molecular flexibility index (Phi) is 6.42. The van der Waals surface area contributed by atoms with Gasteiger partial charge in [-0.2, -0.15) is 0 Å². The standard InChI is InChI=1S/C22H22N4O3/c1-15-5-3-6-17(11-15)26-22(28)24-14-21(27)25-18-8-9-20(16(2)12-18)29-19-7-4-10-23-13-19/h3-13H,14H2,1-2H3,(H,25,27)(H2,24,26,28). The highest BCUT2D eigenvalue weighted by atomic mass is 16.5. The highest BCUT2D eigenvalue weighted by Crippen LogP contribution is 2.26. The fourth-order valence-corrected chi connectivity index (χ4v) is 2.64. The average Bonchev–Trinajstić information content (AvgIpc) is 2.69. The van der Waals surface area contributed by atoms with Gasteiger partial charge in [0.05, 0.1) is 12.7 Å². The van der Waals surface area contributed by atoms with E-state index in [1.54, 1.807) is 42.7 Å². The molecule has 0 spiro atoms. The topological polar surface area (TPSA) is 92.4 Å². The summed E-state index contributed by atoms with van der Waals surface area (Å²) in [4.78, 5) is 28.1. The molecular weight excluding hydrogens is 368 g/mol. The number of ether oxygens (including phenoxy) is 1. The van der Waals surface area contributed by atoms with Crippen molar-refractivity contribution >= 4 is 23.3 Å². The van der Waals surface area contributed by atoms with Crippen LogP contribution in [0.25, 0.3) is 0 Å². The van der Waals surface area contributed by atoms with Crippen molar-refractivity contribution in [1.82, 2.24) is 10.3 Å². The molecule has 1 aromatic heterocycles. The lowest BCUT2D eigenvalue weighted by atomic mass is 10.2. The molecule has 3 rings (SSSR count). The molecule has 3 aromatic rings. The predicted molar refractivity (Wildman–Crippen MR) is 112 cm³/mol. The zero-order valence-corrected chi connectivity index (χ0v) is 16.2. The van der Waals surface area contributed by atoms with Crippen LogP contribution in [0, 0.1) is 13.8 Å². The van der Waals surface area contributed by atoms with E-state index in [1.165, 1.54) is 0 Å². The summed E-state index contributed by atoms with van der Waals surface area (Å²) < 4.78 is 5.77. The molecule has 0 atom stereocenters. The SMILES string of the molecule is Cc1cccc(NC(=O)NCC(=O)Nc2ccc(Oc3cccnc3)c(C)c2)c1. The molecule has 0 saturated carbocycles. The van der Waals surface area contributed by atoms with Crippen molar-refractivity contribution in [3.05, 3.63) is 78.1 Å². The van der Waals surface area contributed by atoms with Crippen LogP contribution in [0.2, 0.25) is 0 Å². The Bertz CT molecular complexity index is 1010. The molecule has 0 saturated heterocycles. The van der Waals surface area contributed by atoms with E-state index in [1.807, 2.05) is 38.1 Å². The fourth-order valence-electron chi connectivity index (χ4n) is 2.64. The summed E-state index contributed by atoms with van der Waals surface area (Å²) in [6.45, 7) is 3.67. The van der Waals surface area contributed by atoms with Crippen molar-refractivity contribution in [1.29, 1.82) is 0 Å². The third-order valence-corrected chi connectivity index (χ3v) is 4.01. The van der Waals surface area contributed by atoms with E-state index in [0.29, 0.717) is 22.9 Å². The summed E-state index contributed by atoms with van der Waals surface area (Å²) in [7, 11) is 0. The van der Waals surface area contributed by atoms with E-state index >= 15 is 0 Å². The molecular formula is C22H22N4O3. The molecule has 29 heavy (non-hydrogen) atoms. The van der Waals surface area contributed by atoms with Gasteiger partial charge in [0.15, 0.2) is 0 Å². The zero-order chi connectivity index (χ0) is 20.6. The summed E-state index contributed by atoms with van der Waals surface area (Å²) in [5.74, 6) is 0.979. The number of benzene rings is 2. The Morgan fingerprint density at radius 2 is 1.79 bits per heavy atom. The molecule has 3 amide bonds. The first-order chi connectivity index (χ1) is 14.0. The third-order valence-electron chi connectivity index (χ3n) is 4.01. The highest BCUT2D eigenvalue weighted by molar-refractivity contribution is 5.97. The molecule has 0 unspecified atom stereocenters. The molecule has 1 heterocycles. The van der Waals surface area contributed by atoms with E-state index in [-0.39, 0.29) is 12.5 Å². The Balaban J connectivity index is 1.50. The van der Waals surface area contributed by atoms with Crippen molar-refractivity contribution in [3.63, 3.8) is 0 Å². The van der Waals surface area contributed by atoms with E-state index in [9.17, 15) is 9.59 Å². The maximum atomic E-state index is 12.1. The summed E-state index contributed by atoms with van der Waals surface area (Å²) in [6.07, 6.45) is 3.30. The second-order valence-electron chi connectivity index (χ2n) is 6.50. The van der Waals surface area contributed by atoms with Gasteiger partial charge in [0.1, 0.15) is 11.5 Å². The minimum atomic E-state index is -0.442. The number of carbonyl (C=O) groups excluding carboxylic acids is 2. The second kappa shape index (κ2) is 9.36. The van der Waals surface area contributed by atoms with Crippen LogP contribution in [0.5, 0.6) is 11.5 Å². The number of hydrogen-bond acceptors (Lipinski definition) is 4. The predicted octanol–water partition coefficient (Wildman–Crippen LogP) is 4.25. The molecule has 7 heteroatoms. The van der Waals surface area contributed by atoms with E-state index in [4.69, 9.17) is 4.74 Å². The minimum absolute atomic E-state index is 0.148. The number of aryl methyl sites for hydroxylation is 2. The molecule has 0 aliphatic heterocycles. The summed E-state index contributed by atoms with van der Waals surface area (Å²) in [5.41, 5.74) is 3.18. The number of carbonyl (C=O) groups is 2. The maximum absolute atomic E-state index is 12.1. The van der Waals surface area contributed by atoms with Crippen LogP contribution >= 0.6 is 0 Å². The smallest absolute Gasteiger partial charge is 0.319 e. The lowest BCUT2D eigenvalue weighted by molar-refractivity contribution is -0.115. The van der Waals surface area contributed by atoms with Gasteiger partial charge in [0.25, 0.3) is 0 Å². The number of rotatable bonds is 6. The molecule has 0 bridgehead atoms. The third kappa shape index (κ3) is 6.07. The monoisotopic (exact) mass is 390 g/mol. The second-order valence-corrected chi connectivity index (χ2v) is 6.50. The molecule has 2 aromatic carbocycles. The van der Waals surface area contributed by atoms with Crippen molar-refractivity contribution in [2.24, 2.45) is 0 Å². The molecule has 0 radical (unpaired) electrons. The quantitative estimate of drug-likeness (QED) is 0.587. The number of hydrogen-bond donors (Lipinski definition) is 3. The average molecular weight is 390 g/mol. The van der Waals surface area contributed by atoms with Crippen LogP contribution in [-0.2, 0) is 4.79 Å². The van der Waals surface area contributed by atoms with Gasteiger partial charge < -0.3 is 20.7 Å². The molecule has 0 aliphatic carbocycles. The number of pyridine rings is 1. The number of nitrogens with zero attached hydrogens (tertiary/aromatic N) is 1. The lowest BCUT2D eigenvalue weighted by Crippen LogP contribution is -2.35. The Morgan fingerprint density at radius 3 is 2.52 bits per heavy atom. The molecule has 0 aliphatic rings. The molecule has 3 N–H and O–H groups in total. The maximum Gasteiger partial charge on any atom is 0.319 e. The number of anilines is 2. The Hall–Kier alpha value is -3.87. The molecule has 0 fully saturated rings. The zero-order valence-electron chi connectivity index (χ0n) is 16.2. The van der Waals surface area contributed by atoms with Crippen LogP contribution < -0.4 is 20.7 Å². The van der Waals surface area contributed by atoms with Gasteiger partial charge in [0.2, 0.25) is 5.91 Å². The van der Waals surface area contributed by atoms with Gasteiger partial charge in [-0.25, -0.2) is 4.79 Å². The van der Waals surface area contributed by atoms with Crippen LogP contribution in [0.4, 0.5) is 16.2 Å². The minimum Gasteiger partial charge on any atom is -0.455 e. The number of aromatic nitrogens is 1. The van der Waals surface area contributed by atoms with Gasteiger partial charge in [-0.3, -0.25) is 9.78 Å². The molecule has 7 nitrogen and oxygen atoms in total. The van der Waals surface area contributed by atoms with Gasteiger partial charge in [-0.05, 0) is 67.4 Å². The van der Waals surface area contributed by atoms with Gasteiger partial charge >= 0.3 is 6.03 Å². The summed E-state index contributed by atoms with van der Waals surface area (Å²) in [5, 5.41) is 7.98. The van der Waals surface area contributed by atoms with Crippen molar-refractivity contribution in [2.75, 3.05) is 17.2 Å². The number of nitrogens with one attached hydrogen (secondary N) is 3. The van der Waals surface area contributed by atoms with Crippen molar-refractivity contribution in [2.45, 2.75) is 13.8 Å². The van der Waals surface area contributed by atoms with E-state index in [0.717, 1.165) is 11.1 Å².